The SMILES string of the molecule is C=CCC(=NC1(C)C=CC(I)(c2ccccc2F)C=C1C(=O)c1ccccc1)C(=O)O. The minimum absolute atomic E-state index is 0.0499. The highest BCUT2D eigenvalue weighted by molar-refractivity contribution is 14.1. The molecule has 0 heterocycles. The van der Waals surface area contributed by atoms with E-state index in [4.69, 9.17) is 0 Å². The zero-order valence-electron chi connectivity index (χ0n) is 16.9. The molecule has 0 spiro atoms. The number of carboxylic acids is 1. The third-order valence-electron chi connectivity index (χ3n) is 5.07. The maximum absolute atomic E-state index is 14.6. The molecule has 0 aliphatic heterocycles. The van der Waals surface area contributed by atoms with E-state index in [0.717, 1.165) is 0 Å². The molecule has 2 aromatic carbocycles. The van der Waals surface area contributed by atoms with Crippen LogP contribution in [0.4, 0.5) is 4.39 Å². The minimum atomic E-state index is -1.23. The second kappa shape index (κ2) is 9.09. The summed E-state index contributed by atoms with van der Waals surface area (Å²) in [5.74, 6) is -1.87. The first-order valence-corrected chi connectivity index (χ1v) is 10.7. The zero-order valence-corrected chi connectivity index (χ0v) is 19.0. The minimum Gasteiger partial charge on any atom is -0.477 e. The third kappa shape index (κ3) is 4.74. The summed E-state index contributed by atoms with van der Waals surface area (Å²) in [5.41, 5.74) is -0.217. The van der Waals surface area contributed by atoms with E-state index in [1.165, 1.54) is 12.1 Å². The summed E-state index contributed by atoms with van der Waals surface area (Å²) >= 11 is 2.09. The standard InChI is InChI=1S/C25H21FINO3/c1-3-9-21(23(30)31)28-24(2)14-15-25(27,18-12-7-8-13-20(18)26)16-19(24)22(29)17-10-5-4-6-11-17/h3-8,10-16H,1,9H2,2H3,(H,30,31). The first-order valence-electron chi connectivity index (χ1n) is 9.60. The predicted molar refractivity (Wildman–Crippen MR) is 128 cm³/mol. The van der Waals surface area contributed by atoms with E-state index in [2.05, 4.69) is 34.2 Å². The predicted octanol–water partition coefficient (Wildman–Crippen LogP) is 5.70. The number of aliphatic carboxylic acids is 1. The van der Waals surface area contributed by atoms with Gasteiger partial charge in [-0.3, -0.25) is 9.79 Å². The number of allylic oxidation sites excluding steroid dienone is 3. The van der Waals surface area contributed by atoms with Crippen molar-refractivity contribution < 1.29 is 19.1 Å². The lowest BCUT2D eigenvalue weighted by Gasteiger charge is -2.34. The number of benzene rings is 2. The lowest BCUT2D eigenvalue weighted by molar-refractivity contribution is -0.129. The smallest absolute Gasteiger partial charge is 0.350 e. The van der Waals surface area contributed by atoms with Crippen LogP contribution in [0.3, 0.4) is 0 Å². The highest BCUT2D eigenvalue weighted by Gasteiger charge is 2.41. The van der Waals surface area contributed by atoms with Crippen molar-refractivity contribution in [2.75, 3.05) is 0 Å². The van der Waals surface area contributed by atoms with Crippen molar-refractivity contribution in [3.8, 4) is 0 Å². The van der Waals surface area contributed by atoms with Gasteiger partial charge in [0.05, 0.1) is 3.42 Å². The van der Waals surface area contributed by atoms with Gasteiger partial charge in [-0.2, -0.15) is 0 Å². The summed E-state index contributed by atoms with van der Waals surface area (Å²) < 4.78 is 13.7. The van der Waals surface area contributed by atoms with Gasteiger partial charge in [0.1, 0.15) is 17.1 Å². The van der Waals surface area contributed by atoms with Crippen molar-refractivity contribution in [1.82, 2.24) is 0 Å². The van der Waals surface area contributed by atoms with Crippen LogP contribution in [0.1, 0.15) is 29.3 Å². The first-order chi connectivity index (χ1) is 14.7. The average Bonchev–Trinajstić information content (AvgIpc) is 2.76. The van der Waals surface area contributed by atoms with Crippen molar-refractivity contribution in [2.24, 2.45) is 4.99 Å². The van der Waals surface area contributed by atoms with Crippen LogP contribution in [0.15, 0.2) is 96.0 Å². The number of halogens is 2. The molecule has 1 N–H and O–H groups in total. The van der Waals surface area contributed by atoms with Crippen LogP contribution in [0.25, 0.3) is 0 Å². The van der Waals surface area contributed by atoms with Crippen LogP contribution in [-0.2, 0) is 8.22 Å². The highest BCUT2D eigenvalue weighted by Crippen LogP contribution is 2.45. The summed E-state index contributed by atoms with van der Waals surface area (Å²) in [7, 11) is 0. The number of hydrogen-bond acceptors (Lipinski definition) is 3. The van der Waals surface area contributed by atoms with E-state index in [9.17, 15) is 19.1 Å². The molecule has 0 fully saturated rings. The number of aliphatic imine (C=N–C) groups is 1. The van der Waals surface area contributed by atoms with Crippen LogP contribution in [0.5, 0.6) is 0 Å². The Labute approximate surface area is 194 Å². The molecular formula is C25H21FINO3. The number of carbonyl (C=O) groups excluding carboxylic acids is 1. The Bertz CT molecular complexity index is 1120. The van der Waals surface area contributed by atoms with Crippen molar-refractivity contribution in [1.29, 1.82) is 0 Å². The van der Waals surface area contributed by atoms with Gasteiger partial charge in [0, 0.05) is 23.1 Å². The van der Waals surface area contributed by atoms with Crippen molar-refractivity contribution in [3.05, 3.63) is 108 Å². The Morgan fingerprint density at radius 1 is 1.13 bits per heavy atom. The van der Waals surface area contributed by atoms with E-state index in [1.54, 1.807) is 73.7 Å². The number of hydrogen-bond donors (Lipinski definition) is 1. The summed E-state index contributed by atoms with van der Waals surface area (Å²) in [6, 6.07) is 15.1. The van der Waals surface area contributed by atoms with E-state index in [-0.39, 0.29) is 23.5 Å². The molecule has 1 aliphatic carbocycles. The molecule has 2 atom stereocenters. The number of carbonyl (C=O) groups is 2. The molecule has 2 unspecified atom stereocenters. The van der Waals surface area contributed by atoms with Gasteiger partial charge in [0.15, 0.2) is 5.78 Å². The van der Waals surface area contributed by atoms with Crippen molar-refractivity contribution in [2.45, 2.75) is 22.3 Å². The topological polar surface area (TPSA) is 66.7 Å². The van der Waals surface area contributed by atoms with Gasteiger partial charge in [-0.1, -0.05) is 95.4 Å². The molecule has 1 aliphatic rings. The van der Waals surface area contributed by atoms with E-state index in [1.807, 2.05) is 0 Å². The summed E-state index contributed by atoms with van der Waals surface area (Å²) in [5, 5.41) is 9.55. The first kappa shape index (κ1) is 22.8. The van der Waals surface area contributed by atoms with Gasteiger partial charge in [0.2, 0.25) is 0 Å². The van der Waals surface area contributed by atoms with Crippen LogP contribution < -0.4 is 0 Å². The Kier molecular flexibility index (Phi) is 6.69. The van der Waals surface area contributed by atoms with Crippen LogP contribution in [-0.4, -0.2) is 28.1 Å². The third-order valence-corrected chi connectivity index (χ3v) is 6.32. The summed E-state index contributed by atoms with van der Waals surface area (Å²) in [6.45, 7) is 5.27. The second-order valence-corrected chi connectivity index (χ2v) is 9.12. The molecule has 0 aromatic heterocycles. The fourth-order valence-corrected chi connectivity index (χ4v) is 4.38. The fraction of sp³-hybridized carbons (Fsp3) is 0.160. The van der Waals surface area contributed by atoms with Crippen LogP contribution in [0.2, 0.25) is 0 Å². The molecule has 4 nitrogen and oxygen atoms in total. The molecule has 158 valence electrons. The van der Waals surface area contributed by atoms with Crippen molar-refractivity contribution in [3.63, 3.8) is 0 Å². The fourth-order valence-electron chi connectivity index (χ4n) is 3.45. The normalized spacial score (nSPS) is 23.2. The van der Waals surface area contributed by atoms with Crippen LogP contribution in [0, 0.1) is 5.82 Å². The number of carboxylic acid groups (broad SMARTS) is 1. The average molecular weight is 529 g/mol. The number of ketones is 1. The van der Waals surface area contributed by atoms with E-state index < -0.39 is 20.7 Å². The zero-order chi connectivity index (χ0) is 22.6. The molecule has 6 heteroatoms. The molecule has 0 bridgehead atoms. The highest BCUT2D eigenvalue weighted by atomic mass is 127. The molecule has 31 heavy (non-hydrogen) atoms. The van der Waals surface area contributed by atoms with Gasteiger partial charge in [-0.05, 0) is 13.0 Å². The molecule has 0 saturated heterocycles. The van der Waals surface area contributed by atoms with Crippen LogP contribution >= 0.6 is 22.6 Å². The Morgan fingerprint density at radius 3 is 2.39 bits per heavy atom. The second-order valence-electron chi connectivity index (χ2n) is 7.34. The molecule has 2 aromatic rings. The molecular weight excluding hydrogens is 508 g/mol. The molecule has 0 saturated carbocycles. The Morgan fingerprint density at radius 2 is 1.77 bits per heavy atom. The molecule has 0 amide bonds. The van der Waals surface area contributed by atoms with Gasteiger partial charge >= 0.3 is 5.97 Å². The summed E-state index contributed by atoms with van der Waals surface area (Å²) in [6.07, 6.45) is 6.61. The Hall–Kier alpha value is -2.87. The monoisotopic (exact) mass is 529 g/mol. The van der Waals surface area contributed by atoms with Gasteiger partial charge in [0.25, 0.3) is 0 Å². The number of Topliss-reactive ketones (excluding diaryl/α,β-unsaturated/α-hetero) is 1. The maximum atomic E-state index is 14.6. The Balaban J connectivity index is 2.21. The maximum Gasteiger partial charge on any atom is 0.350 e. The van der Waals surface area contributed by atoms with Gasteiger partial charge < -0.3 is 5.11 Å². The molecule has 0 radical (unpaired) electrons. The van der Waals surface area contributed by atoms with E-state index in [0.29, 0.717) is 11.1 Å². The van der Waals surface area contributed by atoms with E-state index >= 15 is 0 Å². The molecule has 3 rings (SSSR count). The number of rotatable bonds is 7. The van der Waals surface area contributed by atoms with Gasteiger partial charge in [-0.15, -0.1) is 6.58 Å². The largest absolute Gasteiger partial charge is 0.477 e. The lowest BCUT2D eigenvalue weighted by Crippen LogP contribution is -2.36. The lowest BCUT2D eigenvalue weighted by atomic mass is 9.78. The quantitative estimate of drug-likeness (QED) is 0.165. The summed E-state index contributed by atoms with van der Waals surface area (Å²) in [4.78, 5) is 29.6. The number of nitrogens with zero attached hydrogens (tertiary/aromatic N) is 1. The van der Waals surface area contributed by atoms with Crippen molar-refractivity contribution >= 4 is 40.1 Å². The van der Waals surface area contributed by atoms with Gasteiger partial charge in [-0.25, -0.2) is 9.18 Å². The number of alkyl halides is 1.